The van der Waals surface area contributed by atoms with E-state index in [4.69, 9.17) is 5.26 Å². The molecule has 1 heterocycles. The monoisotopic (exact) mass is 359 g/mol. The molecule has 0 amide bonds. The average Bonchev–Trinajstić information content (AvgIpc) is 2.62. The molecule has 3 rings (SSSR count). The molecule has 0 unspecified atom stereocenters. The quantitative estimate of drug-likeness (QED) is 0.841. The van der Waals surface area contributed by atoms with E-state index in [9.17, 15) is 12.8 Å². The summed E-state index contributed by atoms with van der Waals surface area (Å²) in [6, 6.07) is 15.5. The van der Waals surface area contributed by atoms with Gasteiger partial charge in [0, 0.05) is 26.2 Å². The Bertz CT molecular complexity index is 886. The van der Waals surface area contributed by atoms with E-state index in [1.807, 2.05) is 29.2 Å². The van der Waals surface area contributed by atoms with Crippen molar-refractivity contribution in [3.63, 3.8) is 0 Å². The maximum atomic E-state index is 13.8. The van der Waals surface area contributed by atoms with E-state index in [0.29, 0.717) is 31.9 Å². The van der Waals surface area contributed by atoms with E-state index in [-0.39, 0.29) is 11.3 Å². The van der Waals surface area contributed by atoms with Gasteiger partial charge in [0.2, 0.25) is 10.0 Å². The van der Waals surface area contributed by atoms with E-state index < -0.39 is 15.8 Å². The summed E-state index contributed by atoms with van der Waals surface area (Å²) in [5, 5.41) is 9.15. The zero-order valence-electron chi connectivity index (χ0n) is 13.6. The highest BCUT2D eigenvalue weighted by Gasteiger charge is 2.28. The molecule has 0 aromatic heterocycles. The zero-order valence-corrected chi connectivity index (χ0v) is 14.4. The van der Waals surface area contributed by atoms with Crippen LogP contribution in [0.5, 0.6) is 0 Å². The number of anilines is 1. The maximum absolute atomic E-state index is 13.8. The molecule has 0 radical (unpaired) electrons. The summed E-state index contributed by atoms with van der Waals surface area (Å²) < 4.78 is 40.4. The van der Waals surface area contributed by atoms with Crippen LogP contribution in [0.3, 0.4) is 0 Å². The van der Waals surface area contributed by atoms with Crippen molar-refractivity contribution in [2.24, 2.45) is 0 Å². The van der Waals surface area contributed by atoms with Crippen molar-refractivity contribution in [3.05, 3.63) is 65.5 Å². The number of nitrogens with zero attached hydrogens (tertiary/aromatic N) is 3. The molecule has 7 heteroatoms. The van der Waals surface area contributed by atoms with Crippen LogP contribution in [0.15, 0.2) is 48.5 Å². The van der Waals surface area contributed by atoms with Gasteiger partial charge in [-0.1, -0.05) is 36.4 Å². The van der Waals surface area contributed by atoms with Crippen LogP contribution in [0.1, 0.15) is 11.1 Å². The van der Waals surface area contributed by atoms with E-state index in [2.05, 4.69) is 0 Å². The summed E-state index contributed by atoms with van der Waals surface area (Å²) in [4.78, 5) is 1.86. The summed E-state index contributed by atoms with van der Waals surface area (Å²) in [5.41, 5.74) is 1.27. The Morgan fingerprint density at radius 1 is 1.00 bits per heavy atom. The maximum Gasteiger partial charge on any atom is 0.218 e. The van der Waals surface area contributed by atoms with E-state index in [1.54, 1.807) is 24.3 Å². The minimum atomic E-state index is -3.40. The van der Waals surface area contributed by atoms with Crippen LogP contribution in [-0.2, 0) is 15.8 Å². The predicted molar refractivity (Wildman–Crippen MR) is 94.0 cm³/mol. The number of rotatable bonds is 4. The highest BCUT2D eigenvalue weighted by molar-refractivity contribution is 7.88. The van der Waals surface area contributed by atoms with Crippen LogP contribution in [0, 0.1) is 17.1 Å². The number of nitriles is 1. The Balaban J connectivity index is 1.70. The lowest BCUT2D eigenvalue weighted by molar-refractivity contribution is 0.384. The molecule has 1 aliphatic rings. The van der Waals surface area contributed by atoms with Crippen molar-refractivity contribution in [2.45, 2.75) is 5.75 Å². The van der Waals surface area contributed by atoms with Gasteiger partial charge in [-0.15, -0.1) is 0 Å². The van der Waals surface area contributed by atoms with Crippen LogP contribution in [0.4, 0.5) is 10.1 Å². The molecule has 0 aliphatic carbocycles. The molecule has 0 saturated carbocycles. The molecule has 0 bridgehead atoms. The fourth-order valence-corrected chi connectivity index (χ4v) is 4.49. The third-order valence-electron chi connectivity index (χ3n) is 4.27. The number of hydrogen-bond acceptors (Lipinski definition) is 4. The lowest BCUT2D eigenvalue weighted by Gasteiger charge is -2.35. The first kappa shape index (κ1) is 17.4. The minimum Gasteiger partial charge on any atom is -0.368 e. The topological polar surface area (TPSA) is 64.4 Å². The molecule has 25 heavy (non-hydrogen) atoms. The molecule has 130 valence electrons. The predicted octanol–water partition coefficient (Wildman–Crippen LogP) is 2.35. The second-order valence-corrected chi connectivity index (χ2v) is 7.84. The summed E-state index contributed by atoms with van der Waals surface area (Å²) in [5.74, 6) is -0.587. The molecule has 0 N–H and O–H groups in total. The first-order chi connectivity index (χ1) is 12.0. The Hall–Kier alpha value is -2.43. The Morgan fingerprint density at radius 3 is 2.32 bits per heavy atom. The van der Waals surface area contributed by atoms with Crippen molar-refractivity contribution in [1.29, 1.82) is 5.26 Å². The standard InChI is InChI=1S/C18H18FN3O2S/c19-17-7-4-8-18(16(17)13-20)21-9-11-22(12-10-21)25(23,24)14-15-5-2-1-3-6-15/h1-8H,9-12,14H2. The first-order valence-corrected chi connectivity index (χ1v) is 9.57. The van der Waals surface area contributed by atoms with Gasteiger partial charge in [-0.25, -0.2) is 12.8 Å². The van der Waals surface area contributed by atoms with Gasteiger partial charge in [0.15, 0.2) is 0 Å². The van der Waals surface area contributed by atoms with Gasteiger partial charge in [-0.05, 0) is 17.7 Å². The third-order valence-corrected chi connectivity index (χ3v) is 6.12. The van der Waals surface area contributed by atoms with Gasteiger partial charge in [0.25, 0.3) is 0 Å². The smallest absolute Gasteiger partial charge is 0.218 e. The lowest BCUT2D eigenvalue weighted by atomic mass is 10.1. The first-order valence-electron chi connectivity index (χ1n) is 7.96. The largest absolute Gasteiger partial charge is 0.368 e. The van der Waals surface area contributed by atoms with Crippen molar-refractivity contribution in [3.8, 4) is 6.07 Å². The summed E-state index contributed by atoms with van der Waals surface area (Å²) in [6.07, 6.45) is 0. The van der Waals surface area contributed by atoms with Crippen molar-refractivity contribution in [2.75, 3.05) is 31.1 Å². The third kappa shape index (κ3) is 3.81. The number of piperazine rings is 1. The van der Waals surface area contributed by atoms with Gasteiger partial charge in [0.05, 0.1) is 11.4 Å². The second-order valence-electron chi connectivity index (χ2n) is 5.87. The molecule has 1 aliphatic heterocycles. The van der Waals surface area contributed by atoms with Gasteiger partial charge in [-0.2, -0.15) is 9.57 Å². The zero-order chi connectivity index (χ0) is 17.9. The van der Waals surface area contributed by atoms with Gasteiger partial charge < -0.3 is 4.90 Å². The molecule has 5 nitrogen and oxygen atoms in total. The van der Waals surface area contributed by atoms with E-state index in [0.717, 1.165) is 5.56 Å². The Morgan fingerprint density at radius 2 is 1.68 bits per heavy atom. The van der Waals surface area contributed by atoms with Crippen molar-refractivity contribution < 1.29 is 12.8 Å². The fourth-order valence-electron chi connectivity index (χ4n) is 2.97. The molecule has 1 saturated heterocycles. The van der Waals surface area contributed by atoms with Gasteiger partial charge >= 0.3 is 0 Å². The number of halogens is 1. The van der Waals surface area contributed by atoms with Crippen molar-refractivity contribution >= 4 is 15.7 Å². The van der Waals surface area contributed by atoms with Crippen LogP contribution >= 0.6 is 0 Å². The SMILES string of the molecule is N#Cc1c(F)cccc1N1CCN(S(=O)(=O)Cc2ccccc2)CC1. The second kappa shape index (κ2) is 7.21. The Kier molecular flexibility index (Phi) is 5.02. The van der Waals surface area contributed by atoms with Crippen LogP contribution in [-0.4, -0.2) is 38.9 Å². The summed E-state index contributed by atoms with van der Waals surface area (Å²) in [6.45, 7) is 1.48. The molecule has 2 aromatic rings. The van der Waals surface area contributed by atoms with Gasteiger partial charge in [-0.3, -0.25) is 0 Å². The van der Waals surface area contributed by atoms with E-state index >= 15 is 0 Å². The van der Waals surface area contributed by atoms with Crippen LogP contribution < -0.4 is 4.90 Å². The van der Waals surface area contributed by atoms with Crippen LogP contribution in [0.2, 0.25) is 0 Å². The molecule has 2 aromatic carbocycles. The highest BCUT2D eigenvalue weighted by Crippen LogP contribution is 2.24. The molecule has 0 spiro atoms. The number of hydrogen-bond donors (Lipinski definition) is 0. The molecule has 1 fully saturated rings. The van der Waals surface area contributed by atoms with Gasteiger partial charge in [0.1, 0.15) is 17.4 Å². The Labute approximate surface area is 147 Å². The summed E-state index contributed by atoms with van der Waals surface area (Å²) in [7, 11) is -3.40. The molecular formula is C18H18FN3O2S. The number of benzene rings is 2. The fraction of sp³-hybridized carbons (Fsp3) is 0.278. The lowest BCUT2D eigenvalue weighted by Crippen LogP contribution is -2.49. The van der Waals surface area contributed by atoms with Crippen LogP contribution in [0.25, 0.3) is 0 Å². The minimum absolute atomic E-state index is 0.00286. The average molecular weight is 359 g/mol. The number of sulfonamides is 1. The van der Waals surface area contributed by atoms with E-state index in [1.165, 1.54) is 10.4 Å². The molecule has 0 atom stereocenters. The molecular weight excluding hydrogens is 341 g/mol. The highest BCUT2D eigenvalue weighted by atomic mass is 32.2. The normalized spacial score (nSPS) is 15.8. The summed E-state index contributed by atoms with van der Waals surface area (Å²) >= 11 is 0. The van der Waals surface area contributed by atoms with Crippen molar-refractivity contribution in [1.82, 2.24) is 4.31 Å².